The molecule has 31 heavy (non-hydrogen) atoms. The third-order valence-corrected chi connectivity index (χ3v) is 7.51. The van der Waals surface area contributed by atoms with Gasteiger partial charge in [0, 0.05) is 17.4 Å². The molecule has 4 rings (SSSR count). The number of hydrogen-bond donors (Lipinski definition) is 3. The number of sulfonamides is 1. The van der Waals surface area contributed by atoms with E-state index in [9.17, 15) is 23.1 Å². The van der Waals surface area contributed by atoms with Gasteiger partial charge in [0.05, 0.1) is 16.7 Å². The van der Waals surface area contributed by atoms with Gasteiger partial charge >= 0.3 is 5.97 Å². The van der Waals surface area contributed by atoms with Crippen LogP contribution in [0.4, 0.5) is 11.5 Å². The SMILES string of the molecule is Cc1cc(NS(=O)(=O)c2ccc(NC(=O)[C@H]3[C@H]4CC[C@@H](C4)[C@@H]3C(=O)O)cc2)nc(C)n1. The summed E-state index contributed by atoms with van der Waals surface area (Å²) in [5.74, 6) is -1.65. The van der Waals surface area contributed by atoms with Crippen molar-refractivity contribution in [2.75, 3.05) is 10.0 Å². The van der Waals surface area contributed by atoms with Gasteiger partial charge in [-0.2, -0.15) is 0 Å². The quantitative estimate of drug-likeness (QED) is 0.622. The molecular weight excluding hydrogens is 420 g/mol. The first kappa shape index (κ1) is 21.2. The third kappa shape index (κ3) is 4.25. The highest BCUT2D eigenvalue weighted by Gasteiger charge is 2.53. The van der Waals surface area contributed by atoms with Gasteiger partial charge in [-0.3, -0.25) is 14.3 Å². The maximum atomic E-state index is 12.8. The summed E-state index contributed by atoms with van der Waals surface area (Å²) >= 11 is 0. The molecule has 2 aliphatic carbocycles. The van der Waals surface area contributed by atoms with Gasteiger partial charge in [-0.25, -0.2) is 18.4 Å². The van der Waals surface area contributed by atoms with Crippen molar-refractivity contribution >= 4 is 33.4 Å². The second-order valence-corrected chi connectivity index (χ2v) is 9.97. The van der Waals surface area contributed by atoms with Crippen LogP contribution in [0.1, 0.15) is 30.8 Å². The van der Waals surface area contributed by atoms with E-state index in [-0.39, 0.29) is 28.5 Å². The lowest BCUT2D eigenvalue weighted by Crippen LogP contribution is -2.37. The summed E-state index contributed by atoms with van der Waals surface area (Å²) in [7, 11) is -3.87. The second kappa shape index (κ2) is 7.92. The lowest BCUT2D eigenvalue weighted by molar-refractivity contribution is -0.148. The molecule has 0 radical (unpaired) electrons. The lowest BCUT2D eigenvalue weighted by Gasteiger charge is -2.27. The number of fused-ring (bicyclic) bond motifs is 2. The molecule has 1 aromatic heterocycles. The fourth-order valence-corrected chi connectivity index (χ4v) is 5.92. The Morgan fingerprint density at radius 1 is 1.03 bits per heavy atom. The number of carbonyl (C=O) groups is 2. The largest absolute Gasteiger partial charge is 0.481 e. The second-order valence-electron chi connectivity index (χ2n) is 8.28. The van der Waals surface area contributed by atoms with Gasteiger partial charge in [-0.05, 0) is 69.2 Å². The highest BCUT2D eigenvalue weighted by molar-refractivity contribution is 7.92. The van der Waals surface area contributed by atoms with Crippen LogP contribution in [0, 0.1) is 37.5 Å². The first-order valence-corrected chi connectivity index (χ1v) is 11.6. The van der Waals surface area contributed by atoms with Gasteiger partial charge in [0.25, 0.3) is 10.0 Å². The van der Waals surface area contributed by atoms with E-state index in [1.807, 2.05) is 0 Å². The summed E-state index contributed by atoms with van der Waals surface area (Å²) in [6.45, 7) is 3.42. The van der Waals surface area contributed by atoms with E-state index < -0.39 is 27.8 Å². The van der Waals surface area contributed by atoms with Crippen LogP contribution in [0.3, 0.4) is 0 Å². The molecule has 2 aromatic rings. The van der Waals surface area contributed by atoms with Crippen molar-refractivity contribution in [3.8, 4) is 0 Å². The van der Waals surface area contributed by atoms with Crippen molar-refractivity contribution in [2.24, 2.45) is 23.7 Å². The molecule has 0 saturated heterocycles. The Bertz CT molecular complexity index is 1110. The van der Waals surface area contributed by atoms with Crippen LogP contribution in [0.25, 0.3) is 0 Å². The number of carboxylic acids is 1. The number of aryl methyl sites for hydroxylation is 2. The Labute approximate surface area is 180 Å². The summed E-state index contributed by atoms with van der Waals surface area (Å²) in [6.07, 6.45) is 2.51. The topological polar surface area (TPSA) is 138 Å². The molecule has 2 bridgehead atoms. The zero-order chi connectivity index (χ0) is 22.3. The molecule has 2 fully saturated rings. The van der Waals surface area contributed by atoms with E-state index in [1.165, 1.54) is 30.3 Å². The zero-order valence-electron chi connectivity index (χ0n) is 17.2. The van der Waals surface area contributed by atoms with Gasteiger partial charge in [-0.15, -0.1) is 0 Å². The summed E-state index contributed by atoms with van der Waals surface area (Å²) < 4.78 is 27.7. The molecule has 2 saturated carbocycles. The summed E-state index contributed by atoms with van der Waals surface area (Å²) in [5, 5.41) is 12.3. The smallest absolute Gasteiger partial charge is 0.307 e. The van der Waals surface area contributed by atoms with Crippen molar-refractivity contribution in [1.82, 2.24) is 9.97 Å². The molecule has 4 atom stereocenters. The minimum absolute atomic E-state index is 0.0164. The number of carboxylic acid groups (broad SMARTS) is 1. The highest BCUT2D eigenvalue weighted by Crippen LogP contribution is 2.52. The van der Waals surface area contributed by atoms with Gasteiger partial charge in [0.15, 0.2) is 0 Å². The third-order valence-electron chi connectivity index (χ3n) is 6.14. The standard InChI is InChI=1S/C21H24N4O5S/c1-11-9-17(23-12(2)22-11)25-31(29,30)16-7-5-15(6-8-16)24-20(26)18-13-3-4-14(10-13)19(18)21(27)28/h5-9,13-14,18-19H,3-4,10H2,1-2H3,(H,24,26)(H,27,28)(H,22,23,25)/t13-,14-,18-,19-/m0/s1. The number of nitrogens with zero attached hydrogens (tertiary/aromatic N) is 2. The molecule has 10 heteroatoms. The maximum Gasteiger partial charge on any atom is 0.307 e. The van der Waals surface area contributed by atoms with Crippen LogP contribution < -0.4 is 10.0 Å². The van der Waals surface area contributed by atoms with E-state index in [0.717, 1.165) is 19.3 Å². The van der Waals surface area contributed by atoms with Crippen molar-refractivity contribution in [2.45, 2.75) is 38.0 Å². The average molecular weight is 445 g/mol. The van der Waals surface area contributed by atoms with Crippen LogP contribution in [-0.2, 0) is 19.6 Å². The lowest BCUT2D eigenvalue weighted by atomic mass is 9.78. The number of carbonyl (C=O) groups excluding carboxylic acids is 1. The van der Waals surface area contributed by atoms with E-state index in [2.05, 4.69) is 20.0 Å². The monoisotopic (exact) mass is 444 g/mol. The predicted octanol–water partition coefficient (Wildman–Crippen LogP) is 2.58. The number of hydrogen-bond acceptors (Lipinski definition) is 6. The Hall–Kier alpha value is -3.01. The molecule has 0 unspecified atom stereocenters. The summed E-state index contributed by atoms with van der Waals surface area (Å²) in [5.41, 5.74) is 1.06. The molecule has 3 N–H and O–H groups in total. The number of rotatable bonds is 6. The predicted molar refractivity (Wildman–Crippen MR) is 113 cm³/mol. The maximum absolute atomic E-state index is 12.8. The fourth-order valence-electron chi connectivity index (χ4n) is 4.93. The van der Waals surface area contributed by atoms with Crippen LogP contribution in [0.15, 0.2) is 35.2 Å². The molecule has 0 aliphatic heterocycles. The zero-order valence-corrected chi connectivity index (χ0v) is 18.0. The molecule has 1 heterocycles. The Kier molecular flexibility index (Phi) is 5.42. The van der Waals surface area contributed by atoms with E-state index in [4.69, 9.17) is 0 Å². The van der Waals surface area contributed by atoms with Crippen molar-refractivity contribution in [1.29, 1.82) is 0 Å². The summed E-state index contributed by atoms with van der Waals surface area (Å²) in [6, 6.07) is 7.29. The number of aromatic nitrogens is 2. The molecule has 9 nitrogen and oxygen atoms in total. The molecule has 2 aliphatic rings. The van der Waals surface area contributed by atoms with Crippen molar-refractivity contribution < 1.29 is 23.1 Å². The Morgan fingerprint density at radius 3 is 2.29 bits per heavy atom. The van der Waals surface area contributed by atoms with E-state index in [0.29, 0.717) is 17.2 Å². The Morgan fingerprint density at radius 2 is 1.68 bits per heavy atom. The van der Waals surface area contributed by atoms with Crippen LogP contribution in [0.2, 0.25) is 0 Å². The number of anilines is 2. The fraction of sp³-hybridized carbons (Fsp3) is 0.429. The van der Waals surface area contributed by atoms with Crippen molar-refractivity contribution in [3.05, 3.63) is 41.9 Å². The first-order valence-electron chi connectivity index (χ1n) is 10.1. The number of nitrogens with one attached hydrogen (secondary N) is 2. The number of aliphatic carboxylic acids is 1. The van der Waals surface area contributed by atoms with Gasteiger partial charge in [-0.1, -0.05) is 0 Å². The van der Waals surface area contributed by atoms with Crippen LogP contribution in [0.5, 0.6) is 0 Å². The molecule has 1 amide bonds. The van der Waals surface area contributed by atoms with E-state index >= 15 is 0 Å². The molecular formula is C21H24N4O5S. The normalized spacial score (nSPS) is 24.7. The van der Waals surface area contributed by atoms with Crippen LogP contribution in [-0.4, -0.2) is 35.4 Å². The minimum atomic E-state index is -3.87. The first-order chi connectivity index (χ1) is 14.6. The van der Waals surface area contributed by atoms with Gasteiger partial charge in [0.2, 0.25) is 5.91 Å². The summed E-state index contributed by atoms with van der Waals surface area (Å²) in [4.78, 5) is 32.6. The van der Waals surface area contributed by atoms with E-state index in [1.54, 1.807) is 13.8 Å². The molecule has 0 spiro atoms. The van der Waals surface area contributed by atoms with Crippen molar-refractivity contribution in [3.63, 3.8) is 0 Å². The molecule has 1 aromatic carbocycles. The number of amides is 1. The minimum Gasteiger partial charge on any atom is -0.481 e. The average Bonchev–Trinajstić information content (AvgIpc) is 3.28. The van der Waals surface area contributed by atoms with Gasteiger partial charge in [0.1, 0.15) is 11.6 Å². The highest BCUT2D eigenvalue weighted by atomic mass is 32.2. The van der Waals surface area contributed by atoms with Crippen LogP contribution >= 0.6 is 0 Å². The van der Waals surface area contributed by atoms with Gasteiger partial charge < -0.3 is 10.4 Å². The number of benzene rings is 1. The Balaban J connectivity index is 1.46. The molecule has 164 valence electrons.